The van der Waals surface area contributed by atoms with Crippen molar-refractivity contribution in [2.75, 3.05) is 10.8 Å². The topological polar surface area (TPSA) is 83.8 Å². The van der Waals surface area contributed by atoms with Gasteiger partial charge in [0.05, 0.1) is 21.8 Å². The first-order valence-corrected chi connectivity index (χ1v) is 14.3. The minimum absolute atomic E-state index is 0.0195. The lowest BCUT2D eigenvalue weighted by Gasteiger charge is -2.24. The molecule has 0 aliphatic heterocycles. The van der Waals surface area contributed by atoms with Gasteiger partial charge < -0.3 is 4.57 Å². The molecule has 0 aliphatic rings. The first-order chi connectivity index (χ1) is 18.5. The molecule has 0 spiro atoms. The highest BCUT2D eigenvalue weighted by atomic mass is 35.5. The number of nitrogens with zero attached hydrogens (tertiary/aromatic N) is 3. The van der Waals surface area contributed by atoms with Gasteiger partial charge in [-0.05, 0) is 87.4 Å². The Hall–Kier alpha value is -3.59. The standard InChI is InChI=1S/C29H28Cl2N4O3S/c1-19-10-12-25(14-20(19)2)35-21(3)15-23(22(35)4)17-32-33-29(36)18-34(28-13-11-24(30)16-27(28)31)39(37,38)26-8-6-5-7-9-26/h5-17H,18H2,1-4H3,(H,33,36)/b32-17-. The van der Waals surface area contributed by atoms with Crippen molar-refractivity contribution in [2.24, 2.45) is 5.10 Å². The van der Waals surface area contributed by atoms with Crippen LogP contribution in [0.3, 0.4) is 0 Å². The van der Waals surface area contributed by atoms with Crippen LogP contribution in [0.25, 0.3) is 5.69 Å². The van der Waals surface area contributed by atoms with Crippen LogP contribution in [0.1, 0.15) is 28.1 Å². The zero-order valence-electron chi connectivity index (χ0n) is 21.9. The van der Waals surface area contributed by atoms with E-state index in [9.17, 15) is 13.2 Å². The molecule has 0 saturated carbocycles. The maximum Gasteiger partial charge on any atom is 0.264 e. The van der Waals surface area contributed by atoms with Crippen LogP contribution in [-0.4, -0.2) is 31.7 Å². The molecule has 10 heteroatoms. The number of aryl methyl sites for hydroxylation is 3. The number of hydrazone groups is 1. The number of rotatable bonds is 8. The molecule has 4 rings (SSSR count). The van der Waals surface area contributed by atoms with Crippen molar-refractivity contribution in [3.05, 3.63) is 111 Å². The highest BCUT2D eigenvalue weighted by molar-refractivity contribution is 7.92. The van der Waals surface area contributed by atoms with E-state index in [1.807, 2.05) is 19.9 Å². The van der Waals surface area contributed by atoms with Gasteiger partial charge in [0.1, 0.15) is 6.54 Å². The van der Waals surface area contributed by atoms with Crippen molar-refractivity contribution in [3.63, 3.8) is 0 Å². The summed E-state index contributed by atoms with van der Waals surface area (Å²) in [4.78, 5) is 12.9. The fourth-order valence-electron chi connectivity index (χ4n) is 4.22. The largest absolute Gasteiger partial charge is 0.318 e. The van der Waals surface area contributed by atoms with Crippen molar-refractivity contribution in [1.29, 1.82) is 0 Å². The highest BCUT2D eigenvalue weighted by Crippen LogP contribution is 2.32. The number of hydrogen-bond donors (Lipinski definition) is 1. The number of amides is 1. The van der Waals surface area contributed by atoms with E-state index < -0.39 is 22.5 Å². The summed E-state index contributed by atoms with van der Waals surface area (Å²) < 4.78 is 30.0. The van der Waals surface area contributed by atoms with Gasteiger partial charge in [0.25, 0.3) is 15.9 Å². The smallest absolute Gasteiger partial charge is 0.264 e. The van der Waals surface area contributed by atoms with Gasteiger partial charge in [-0.2, -0.15) is 5.10 Å². The molecule has 0 unspecified atom stereocenters. The number of aromatic nitrogens is 1. The molecule has 1 aromatic heterocycles. The number of nitrogens with one attached hydrogen (secondary N) is 1. The number of carbonyl (C=O) groups is 1. The van der Waals surface area contributed by atoms with Gasteiger partial charge in [0.15, 0.2) is 0 Å². The van der Waals surface area contributed by atoms with E-state index in [-0.39, 0.29) is 15.6 Å². The van der Waals surface area contributed by atoms with Crippen molar-refractivity contribution in [3.8, 4) is 5.69 Å². The van der Waals surface area contributed by atoms with Gasteiger partial charge in [0.2, 0.25) is 0 Å². The lowest BCUT2D eigenvalue weighted by molar-refractivity contribution is -0.119. The molecule has 1 amide bonds. The number of sulfonamides is 1. The molecule has 7 nitrogen and oxygen atoms in total. The zero-order chi connectivity index (χ0) is 28.3. The average molecular weight is 584 g/mol. The highest BCUT2D eigenvalue weighted by Gasteiger charge is 2.28. The lowest BCUT2D eigenvalue weighted by atomic mass is 10.1. The zero-order valence-corrected chi connectivity index (χ0v) is 24.3. The van der Waals surface area contributed by atoms with Crippen LogP contribution in [0.5, 0.6) is 0 Å². The summed E-state index contributed by atoms with van der Waals surface area (Å²) in [6.07, 6.45) is 1.54. The lowest BCUT2D eigenvalue weighted by Crippen LogP contribution is -2.39. The summed E-state index contributed by atoms with van der Waals surface area (Å²) in [5.41, 5.74) is 8.81. The normalized spacial score (nSPS) is 11.6. The maximum atomic E-state index is 13.5. The van der Waals surface area contributed by atoms with Gasteiger partial charge >= 0.3 is 0 Å². The SMILES string of the molecule is Cc1ccc(-n2c(C)cc(/C=N\NC(=O)CN(c3ccc(Cl)cc3Cl)S(=O)(=O)c3ccccc3)c2C)cc1C. The number of anilines is 1. The molecule has 3 aromatic carbocycles. The second kappa shape index (κ2) is 11.7. The molecular formula is C29H28Cl2N4O3S. The van der Waals surface area contributed by atoms with Crippen LogP contribution in [0.15, 0.2) is 82.8 Å². The van der Waals surface area contributed by atoms with E-state index in [1.54, 1.807) is 24.4 Å². The third-order valence-corrected chi connectivity index (χ3v) is 8.72. The van der Waals surface area contributed by atoms with Crippen LogP contribution in [0.2, 0.25) is 10.0 Å². The Morgan fingerprint density at radius 1 is 0.949 bits per heavy atom. The molecule has 4 aromatic rings. The van der Waals surface area contributed by atoms with Crippen molar-refractivity contribution >= 4 is 51.0 Å². The summed E-state index contributed by atoms with van der Waals surface area (Å²) in [5.74, 6) is -0.639. The van der Waals surface area contributed by atoms with E-state index >= 15 is 0 Å². The fourth-order valence-corrected chi connectivity index (χ4v) is 6.24. The van der Waals surface area contributed by atoms with Crippen LogP contribution < -0.4 is 9.73 Å². The second-order valence-electron chi connectivity index (χ2n) is 9.14. The van der Waals surface area contributed by atoms with E-state index in [0.717, 1.165) is 26.9 Å². The van der Waals surface area contributed by atoms with E-state index in [2.05, 4.69) is 47.1 Å². The van der Waals surface area contributed by atoms with Crippen molar-refractivity contribution < 1.29 is 13.2 Å². The fraction of sp³-hybridized carbons (Fsp3) is 0.172. The van der Waals surface area contributed by atoms with Crippen LogP contribution in [0.4, 0.5) is 5.69 Å². The van der Waals surface area contributed by atoms with E-state index in [0.29, 0.717) is 5.02 Å². The Kier molecular flexibility index (Phi) is 8.49. The number of benzene rings is 3. The molecule has 0 atom stereocenters. The number of halogens is 2. The predicted molar refractivity (Wildman–Crippen MR) is 158 cm³/mol. The number of carbonyl (C=O) groups excluding carboxylic acids is 1. The van der Waals surface area contributed by atoms with Gasteiger partial charge in [-0.3, -0.25) is 9.10 Å². The molecule has 0 bridgehead atoms. The average Bonchev–Trinajstić information content (AvgIpc) is 3.17. The van der Waals surface area contributed by atoms with Crippen LogP contribution in [0, 0.1) is 27.7 Å². The molecule has 0 radical (unpaired) electrons. The van der Waals surface area contributed by atoms with Crippen molar-refractivity contribution in [2.45, 2.75) is 32.6 Å². The molecule has 202 valence electrons. The quantitative estimate of drug-likeness (QED) is 0.194. The van der Waals surface area contributed by atoms with E-state index in [1.165, 1.54) is 41.5 Å². The Morgan fingerprint density at radius 3 is 2.33 bits per heavy atom. The summed E-state index contributed by atoms with van der Waals surface area (Å²) in [5, 5.41) is 4.54. The Bertz CT molecular complexity index is 1670. The van der Waals surface area contributed by atoms with Gasteiger partial charge in [0, 0.05) is 27.7 Å². The molecule has 0 fully saturated rings. The predicted octanol–water partition coefficient (Wildman–Crippen LogP) is 6.36. The van der Waals surface area contributed by atoms with Crippen LogP contribution >= 0.6 is 23.2 Å². The Morgan fingerprint density at radius 2 is 1.67 bits per heavy atom. The summed E-state index contributed by atoms with van der Waals surface area (Å²) in [6, 6.07) is 20.5. The van der Waals surface area contributed by atoms with Gasteiger partial charge in [-0.1, -0.05) is 47.5 Å². The minimum atomic E-state index is -4.12. The van der Waals surface area contributed by atoms with E-state index in [4.69, 9.17) is 23.2 Å². The molecule has 1 N–H and O–H groups in total. The Balaban J connectivity index is 1.57. The summed E-state index contributed by atoms with van der Waals surface area (Å²) in [6.45, 7) is 7.58. The minimum Gasteiger partial charge on any atom is -0.318 e. The summed E-state index contributed by atoms with van der Waals surface area (Å²) >= 11 is 12.3. The Labute approximate surface area is 238 Å². The molecule has 0 aliphatic carbocycles. The first kappa shape index (κ1) is 28.4. The number of hydrogen-bond acceptors (Lipinski definition) is 4. The molecular weight excluding hydrogens is 555 g/mol. The van der Waals surface area contributed by atoms with Crippen LogP contribution in [-0.2, 0) is 14.8 Å². The monoisotopic (exact) mass is 582 g/mol. The molecule has 1 heterocycles. The first-order valence-electron chi connectivity index (χ1n) is 12.1. The third-order valence-electron chi connectivity index (χ3n) is 6.41. The summed E-state index contributed by atoms with van der Waals surface area (Å²) in [7, 11) is -4.12. The maximum absolute atomic E-state index is 13.5. The molecule has 39 heavy (non-hydrogen) atoms. The van der Waals surface area contributed by atoms with Gasteiger partial charge in [-0.15, -0.1) is 0 Å². The third kappa shape index (κ3) is 6.19. The molecule has 0 saturated heterocycles. The second-order valence-corrected chi connectivity index (χ2v) is 11.9. The van der Waals surface area contributed by atoms with Crippen molar-refractivity contribution in [1.82, 2.24) is 9.99 Å². The van der Waals surface area contributed by atoms with Gasteiger partial charge in [-0.25, -0.2) is 13.8 Å².